The highest BCUT2D eigenvalue weighted by molar-refractivity contribution is 6.21. The molecular weight excluding hydrogens is 436 g/mol. The van der Waals surface area contributed by atoms with Crippen molar-refractivity contribution in [1.82, 2.24) is 9.80 Å². The van der Waals surface area contributed by atoms with Gasteiger partial charge in [-0.05, 0) is 74.5 Å². The van der Waals surface area contributed by atoms with Crippen LogP contribution in [0.4, 0.5) is 0 Å². The van der Waals surface area contributed by atoms with Crippen molar-refractivity contribution in [1.29, 1.82) is 0 Å². The number of likely N-dealkylation sites (tertiary alicyclic amines) is 1. The molecule has 2 heterocycles. The molecule has 6 heteroatoms. The van der Waals surface area contributed by atoms with Gasteiger partial charge in [-0.3, -0.25) is 19.4 Å². The van der Waals surface area contributed by atoms with Crippen LogP contribution in [0.2, 0.25) is 0 Å². The summed E-state index contributed by atoms with van der Waals surface area (Å²) in [5.41, 5.74) is 4.02. The summed E-state index contributed by atoms with van der Waals surface area (Å²) < 4.78 is 5.60. The van der Waals surface area contributed by atoms with E-state index in [1.54, 1.807) is 19.2 Å². The zero-order valence-corrected chi connectivity index (χ0v) is 20.1. The van der Waals surface area contributed by atoms with Gasteiger partial charge in [-0.15, -0.1) is 12.4 Å². The number of rotatable bonds is 8. The molecule has 0 bridgehead atoms. The third-order valence-corrected chi connectivity index (χ3v) is 7.59. The molecular formula is C27H33ClN2O3. The van der Waals surface area contributed by atoms with E-state index in [1.165, 1.54) is 41.8 Å². The highest BCUT2D eigenvalue weighted by atomic mass is 35.5. The number of halogens is 1. The van der Waals surface area contributed by atoms with E-state index in [4.69, 9.17) is 4.74 Å². The summed E-state index contributed by atoms with van der Waals surface area (Å²) in [6.07, 6.45) is 7.82. The number of imide groups is 1. The average molecular weight is 469 g/mol. The van der Waals surface area contributed by atoms with Gasteiger partial charge < -0.3 is 4.74 Å². The van der Waals surface area contributed by atoms with Crippen molar-refractivity contribution in [2.45, 2.75) is 56.9 Å². The smallest absolute Gasteiger partial charge is 0.261 e. The van der Waals surface area contributed by atoms with E-state index in [-0.39, 0.29) is 24.2 Å². The van der Waals surface area contributed by atoms with E-state index in [1.807, 2.05) is 12.1 Å². The second kappa shape index (κ2) is 10.3. The molecule has 0 saturated carbocycles. The minimum atomic E-state index is -0.136. The van der Waals surface area contributed by atoms with Gasteiger partial charge in [0.15, 0.2) is 0 Å². The Balaban J connectivity index is 0.00000259. The minimum absolute atomic E-state index is 0. The maximum Gasteiger partial charge on any atom is 0.261 e. The van der Waals surface area contributed by atoms with Crippen LogP contribution in [0, 0.1) is 0 Å². The Bertz CT molecular complexity index is 989. The Morgan fingerprint density at radius 1 is 0.879 bits per heavy atom. The van der Waals surface area contributed by atoms with Gasteiger partial charge in [0, 0.05) is 18.5 Å². The van der Waals surface area contributed by atoms with Gasteiger partial charge in [0.1, 0.15) is 5.75 Å². The lowest BCUT2D eigenvalue weighted by atomic mass is 9.79. The van der Waals surface area contributed by atoms with Gasteiger partial charge in [-0.1, -0.05) is 37.1 Å². The summed E-state index contributed by atoms with van der Waals surface area (Å²) in [7, 11) is 1.77. The van der Waals surface area contributed by atoms with E-state index in [0.717, 1.165) is 38.0 Å². The van der Waals surface area contributed by atoms with Crippen molar-refractivity contribution in [3.63, 3.8) is 0 Å². The molecule has 2 aliphatic heterocycles. The Labute approximate surface area is 202 Å². The van der Waals surface area contributed by atoms with Gasteiger partial charge in [0.05, 0.1) is 18.2 Å². The fourth-order valence-electron chi connectivity index (χ4n) is 6.00. The number of ether oxygens (including phenoxy) is 1. The normalized spacial score (nSPS) is 21.4. The van der Waals surface area contributed by atoms with Crippen LogP contribution in [-0.2, 0) is 6.42 Å². The maximum atomic E-state index is 12.5. The summed E-state index contributed by atoms with van der Waals surface area (Å²) in [6.45, 7) is 2.86. The molecule has 0 aromatic heterocycles. The van der Waals surface area contributed by atoms with Gasteiger partial charge >= 0.3 is 0 Å². The standard InChI is InChI=1S/C27H32N2O3.ClH/c1-32-25-12-8-11-19-20-15-18-28(24(20)14-13-21(19)25)16-6-2-3-7-17-29-26(30)22-9-4-5-10-23(22)27(29)31;/h4-5,8-12,20,24H,2-3,6-7,13-18H2,1H3;1H. The molecule has 33 heavy (non-hydrogen) atoms. The highest BCUT2D eigenvalue weighted by Crippen LogP contribution is 2.44. The molecule has 176 valence electrons. The Morgan fingerprint density at radius 2 is 1.58 bits per heavy atom. The largest absolute Gasteiger partial charge is 0.496 e. The van der Waals surface area contributed by atoms with E-state index >= 15 is 0 Å². The topological polar surface area (TPSA) is 49.9 Å². The number of amides is 2. The number of benzene rings is 2. The molecule has 2 amide bonds. The summed E-state index contributed by atoms with van der Waals surface area (Å²) in [4.78, 5) is 29.0. The molecule has 5 rings (SSSR count). The lowest BCUT2D eigenvalue weighted by Gasteiger charge is -2.34. The molecule has 1 aliphatic carbocycles. The van der Waals surface area contributed by atoms with Crippen LogP contribution in [0.25, 0.3) is 0 Å². The highest BCUT2D eigenvalue weighted by Gasteiger charge is 2.39. The molecule has 5 nitrogen and oxygen atoms in total. The third-order valence-electron chi connectivity index (χ3n) is 7.59. The predicted molar refractivity (Wildman–Crippen MR) is 132 cm³/mol. The number of hydrogen-bond donors (Lipinski definition) is 0. The molecule has 2 atom stereocenters. The van der Waals surface area contributed by atoms with Crippen molar-refractivity contribution in [2.75, 3.05) is 26.7 Å². The summed E-state index contributed by atoms with van der Waals surface area (Å²) in [5.74, 6) is 1.42. The predicted octanol–water partition coefficient (Wildman–Crippen LogP) is 5.08. The first-order valence-electron chi connectivity index (χ1n) is 12.0. The molecule has 2 aromatic rings. The molecule has 2 unspecified atom stereocenters. The molecule has 0 radical (unpaired) electrons. The van der Waals surface area contributed by atoms with Crippen molar-refractivity contribution < 1.29 is 14.3 Å². The van der Waals surface area contributed by atoms with Crippen LogP contribution < -0.4 is 4.74 Å². The van der Waals surface area contributed by atoms with E-state index < -0.39 is 0 Å². The Morgan fingerprint density at radius 3 is 2.27 bits per heavy atom. The first kappa shape index (κ1) is 23.8. The molecule has 0 N–H and O–H groups in total. The van der Waals surface area contributed by atoms with Gasteiger partial charge in [0.2, 0.25) is 0 Å². The van der Waals surface area contributed by atoms with Crippen molar-refractivity contribution in [3.05, 3.63) is 64.7 Å². The third kappa shape index (κ3) is 4.41. The number of carbonyl (C=O) groups is 2. The molecule has 3 aliphatic rings. The Kier molecular flexibility index (Phi) is 7.40. The minimum Gasteiger partial charge on any atom is -0.496 e. The quantitative estimate of drug-likeness (QED) is 0.400. The lowest BCUT2D eigenvalue weighted by Crippen LogP contribution is -2.35. The zero-order chi connectivity index (χ0) is 22.1. The average Bonchev–Trinajstić information content (AvgIpc) is 3.35. The van der Waals surface area contributed by atoms with Crippen LogP contribution in [0.1, 0.15) is 76.3 Å². The van der Waals surface area contributed by atoms with E-state index in [0.29, 0.717) is 29.6 Å². The monoisotopic (exact) mass is 468 g/mol. The fourth-order valence-corrected chi connectivity index (χ4v) is 6.00. The summed E-state index contributed by atoms with van der Waals surface area (Å²) in [5, 5.41) is 0. The first-order chi connectivity index (χ1) is 15.7. The summed E-state index contributed by atoms with van der Waals surface area (Å²) >= 11 is 0. The molecule has 1 fully saturated rings. The van der Waals surface area contributed by atoms with Crippen LogP contribution in [-0.4, -0.2) is 54.4 Å². The SMILES string of the molecule is COc1cccc2c1CCC1C2CCN1CCCCCCN1C(=O)c2ccccc2C1=O.Cl. The van der Waals surface area contributed by atoms with Crippen LogP contribution in [0.5, 0.6) is 5.75 Å². The van der Waals surface area contributed by atoms with Crippen molar-refractivity contribution >= 4 is 24.2 Å². The molecule has 0 spiro atoms. The Hall–Kier alpha value is -2.37. The van der Waals surface area contributed by atoms with Gasteiger partial charge in [0.25, 0.3) is 11.8 Å². The number of hydrogen-bond acceptors (Lipinski definition) is 4. The number of unbranched alkanes of at least 4 members (excludes halogenated alkanes) is 3. The van der Waals surface area contributed by atoms with Gasteiger partial charge in [-0.2, -0.15) is 0 Å². The van der Waals surface area contributed by atoms with Crippen molar-refractivity contribution in [3.8, 4) is 5.75 Å². The zero-order valence-electron chi connectivity index (χ0n) is 19.3. The number of methoxy groups -OCH3 is 1. The van der Waals surface area contributed by atoms with Crippen LogP contribution in [0.15, 0.2) is 42.5 Å². The second-order valence-electron chi connectivity index (χ2n) is 9.29. The molecule has 2 aromatic carbocycles. The first-order valence-corrected chi connectivity index (χ1v) is 12.0. The van der Waals surface area contributed by atoms with Crippen LogP contribution in [0.3, 0.4) is 0 Å². The lowest BCUT2D eigenvalue weighted by molar-refractivity contribution is 0.0651. The molecule has 1 saturated heterocycles. The van der Waals surface area contributed by atoms with Crippen LogP contribution >= 0.6 is 12.4 Å². The van der Waals surface area contributed by atoms with Gasteiger partial charge in [-0.25, -0.2) is 0 Å². The number of nitrogens with zero attached hydrogens (tertiary/aromatic N) is 2. The van der Waals surface area contributed by atoms with Crippen molar-refractivity contribution in [2.24, 2.45) is 0 Å². The number of fused-ring (bicyclic) bond motifs is 4. The second-order valence-corrected chi connectivity index (χ2v) is 9.29. The fraction of sp³-hybridized carbons (Fsp3) is 0.481. The summed E-state index contributed by atoms with van der Waals surface area (Å²) in [6, 6.07) is 14.3. The number of carbonyl (C=O) groups excluding carboxylic acids is 2. The van der Waals surface area contributed by atoms with E-state index in [9.17, 15) is 9.59 Å². The van der Waals surface area contributed by atoms with E-state index in [2.05, 4.69) is 23.1 Å². The maximum absolute atomic E-state index is 12.5.